The largest absolute Gasteiger partial charge is 0.493 e. The van der Waals surface area contributed by atoms with Crippen molar-refractivity contribution in [3.05, 3.63) is 42.2 Å². The van der Waals surface area contributed by atoms with Crippen LogP contribution in [-0.4, -0.2) is 14.2 Å². The van der Waals surface area contributed by atoms with Gasteiger partial charge in [0.25, 0.3) is 0 Å². The highest BCUT2D eigenvalue weighted by Gasteiger charge is 2.09. The third kappa shape index (κ3) is 2.22. The number of anilines is 1. The summed E-state index contributed by atoms with van der Waals surface area (Å²) >= 11 is 0. The molecule has 94 valence electrons. The average Bonchev–Trinajstić information content (AvgIpc) is 2.38. The molecular weight excluding hydrogens is 233 g/mol. The first-order valence-corrected chi connectivity index (χ1v) is 5.43. The zero-order valence-electron chi connectivity index (χ0n) is 10.2. The minimum Gasteiger partial charge on any atom is -0.493 e. The quantitative estimate of drug-likeness (QED) is 0.848. The van der Waals surface area contributed by atoms with E-state index >= 15 is 0 Å². The molecule has 0 radical (unpaired) electrons. The van der Waals surface area contributed by atoms with Gasteiger partial charge >= 0.3 is 0 Å². The molecule has 0 aliphatic heterocycles. The maximum Gasteiger partial charge on any atom is 0.161 e. The van der Waals surface area contributed by atoms with Crippen LogP contribution in [0.3, 0.4) is 0 Å². The highest BCUT2D eigenvalue weighted by molar-refractivity contribution is 5.69. The summed E-state index contributed by atoms with van der Waals surface area (Å²) in [5.74, 6) is 0.811. The fraction of sp³-hybridized carbons (Fsp3) is 0.143. The van der Waals surface area contributed by atoms with E-state index < -0.39 is 0 Å². The van der Waals surface area contributed by atoms with Gasteiger partial charge in [0.05, 0.1) is 14.2 Å². The normalized spacial score (nSPS) is 10.2. The molecule has 4 heteroatoms. The van der Waals surface area contributed by atoms with Crippen LogP contribution in [0, 0.1) is 5.82 Å². The maximum absolute atomic E-state index is 13.8. The predicted octanol–water partition coefficient (Wildman–Crippen LogP) is 3.09. The lowest BCUT2D eigenvalue weighted by molar-refractivity contribution is 0.355. The summed E-state index contributed by atoms with van der Waals surface area (Å²) in [5.41, 5.74) is 7.11. The number of benzene rings is 2. The fourth-order valence-corrected chi connectivity index (χ4v) is 1.77. The van der Waals surface area contributed by atoms with Gasteiger partial charge in [0, 0.05) is 11.3 Å². The Morgan fingerprint density at radius 3 is 2.28 bits per heavy atom. The zero-order valence-corrected chi connectivity index (χ0v) is 10.2. The first-order chi connectivity index (χ1) is 8.65. The average molecular weight is 247 g/mol. The third-order valence-electron chi connectivity index (χ3n) is 2.69. The Balaban J connectivity index is 2.51. The number of hydrogen-bond acceptors (Lipinski definition) is 3. The number of hydrogen-bond donors (Lipinski definition) is 1. The summed E-state index contributed by atoms with van der Waals surface area (Å²) in [5, 5.41) is 0. The molecule has 0 spiro atoms. The van der Waals surface area contributed by atoms with Crippen LogP contribution in [0.15, 0.2) is 36.4 Å². The Morgan fingerprint density at radius 1 is 0.944 bits per heavy atom. The topological polar surface area (TPSA) is 44.5 Å². The van der Waals surface area contributed by atoms with Crippen molar-refractivity contribution in [3.63, 3.8) is 0 Å². The standard InChI is InChI=1S/C14H14FNO2/c1-17-13-6-3-9(7-14(13)18-2)11-5-4-10(16)8-12(11)15/h3-8H,16H2,1-2H3. The second-order valence-corrected chi connectivity index (χ2v) is 3.81. The Labute approximate surface area is 105 Å². The van der Waals surface area contributed by atoms with Crippen molar-refractivity contribution < 1.29 is 13.9 Å². The molecule has 0 saturated carbocycles. The maximum atomic E-state index is 13.8. The van der Waals surface area contributed by atoms with E-state index in [0.717, 1.165) is 0 Å². The molecule has 0 unspecified atom stereocenters. The minimum atomic E-state index is -0.359. The number of halogens is 1. The van der Waals surface area contributed by atoms with Gasteiger partial charge in [-0.15, -0.1) is 0 Å². The molecule has 0 aliphatic carbocycles. The van der Waals surface area contributed by atoms with Crippen LogP contribution in [-0.2, 0) is 0 Å². The van der Waals surface area contributed by atoms with Crippen molar-refractivity contribution in [2.45, 2.75) is 0 Å². The van der Waals surface area contributed by atoms with Crippen LogP contribution in [0.5, 0.6) is 11.5 Å². The summed E-state index contributed by atoms with van der Waals surface area (Å²) in [4.78, 5) is 0. The van der Waals surface area contributed by atoms with Crippen molar-refractivity contribution in [1.29, 1.82) is 0 Å². The lowest BCUT2D eigenvalue weighted by Gasteiger charge is -2.10. The number of methoxy groups -OCH3 is 2. The van der Waals surface area contributed by atoms with Crippen LogP contribution < -0.4 is 15.2 Å². The van der Waals surface area contributed by atoms with Gasteiger partial charge in [-0.1, -0.05) is 6.07 Å². The van der Waals surface area contributed by atoms with Crippen molar-refractivity contribution in [2.24, 2.45) is 0 Å². The van der Waals surface area contributed by atoms with Gasteiger partial charge in [-0.2, -0.15) is 0 Å². The van der Waals surface area contributed by atoms with Crippen molar-refractivity contribution in [1.82, 2.24) is 0 Å². The second-order valence-electron chi connectivity index (χ2n) is 3.81. The van der Waals surface area contributed by atoms with Gasteiger partial charge in [-0.25, -0.2) is 4.39 Å². The molecule has 0 aliphatic rings. The van der Waals surface area contributed by atoms with E-state index in [9.17, 15) is 4.39 Å². The Kier molecular flexibility index (Phi) is 3.37. The van der Waals surface area contributed by atoms with Crippen molar-refractivity contribution >= 4 is 5.69 Å². The summed E-state index contributed by atoms with van der Waals surface area (Å²) in [6.07, 6.45) is 0. The van der Waals surface area contributed by atoms with E-state index in [-0.39, 0.29) is 5.82 Å². The first kappa shape index (κ1) is 12.2. The van der Waals surface area contributed by atoms with E-state index in [1.165, 1.54) is 6.07 Å². The van der Waals surface area contributed by atoms with Gasteiger partial charge in [-0.3, -0.25) is 0 Å². The van der Waals surface area contributed by atoms with Crippen LogP contribution in [0.1, 0.15) is 0 Å². The molecule has 0 aromatic heterocycles. The van der Waals surface area contributed by atoms with Gasteiger partial charge in [0.15, 0.2) is 11.5 Å². The van der Waals surface area contributed by atoms with E-state index in [0.29, 0.717) is 28.3 Å². The predicted molar refractivity (Wildman–Crippen MR) is 69.4 cm³/mol. The smallest absolute Gasteiger partial charge is 0.161 e. The van der Waals surface area contributed by atoms with Crippen LogP contribution in [0.4, 0.5) is 10.1 Å². The second kappa shape index (κ2) is 4.96. The molecule has 0 heterocycles. The van der Waals surface area contributed by atoms with Crippen LogP contribution >= 0.6 is 0 Å². The Hall–Kier alpha value is -2.23. The number of rotatable bonds is 3. The van der Waals surface area contributed by atoms with E-state index in [1.807, 2.05) is 0 Å². The van der Waals surface area contributed by atoms with E-state index in [1.54, 1.807) is 44.6 Å². The first-order valence-electron chi connectivity index (χ1n) is 5.43. The lowest BCUT2D eigenvalue weighted by atomic mass is 10.0. The molecule has 18 heavy (non-hydrogen) atoms. The molecule has 2 rings (SSSR count). The molecule has 0 bridgehead atoms. The van der Waals surface area contributed by atoms with E-state index in [4.69, 9.17) is 15.2 Å². The lowest BCUT2D eigenvalue weighted by Crippen LogP contribution is -1.93. The van der Waals surface area contributed by atoms with Gasteiger partial charge in [-0.05, 0) is 35.9 Å². The highest BCUT2D eigenvalue weighted by atomic mass is 19.1. The van der Waals surface area contributed by atoms with Crippen LogP contribution in [0.2, 0.25) is 0 Å². The zero-order chi connectivity index (χ0) is 13.1. The van der Waals surface area contributed by atoms with Gasteiger partial charge in [0.1, 0.15) is 5.82 Å². The molecule has 0 saturated heterocycles. The monoisotopic (exact) mass is 247 g/mol. The summed E-state index contributed by atoms with van der Waals surface area (Å²) in [6.45, 7) is 0. The Morgan fingerprint density at radius 2 is 1.67 bits per heavy atom. The highest BCUT2D eigenvalue weighted by Crippen LogP contribution is 2.33. The molecule has 0 atom stereocenters. The van der Waals surface area contributed by atoms with Crippen molar-refractivity contribution in [2.75, 3.05) is 20.0 Å². The minimum absolute atomic E-state index is 0.359. The molecule has 0 amide bonds. The summed E-state index contributed by atoms with van der Waals surface area (Å²) < 4.78 is 24.1. The summed E-state index contributed by atoms with van der Waals surface area (Å²) in [6, 6.07) is 9.85. The number of nitrogen functional groups attached to an aromatic ring is 1. The van der Waals surface area contributed by atoms with Gasteiger partial charge in [0.2, 0.25) is 0 Å². The fourth-order valence-electron chi connectivity index (χ4n) is 1.77. The molecule has 2 aromatic rings. The molecule has 0 fully saturated rings. The Bertz CT molecular complexity index is 570. The molecule has 2 N–H and O–H groups in total. The van der Waals surface area contributed by atoms with Crippen molar-refractivity contribution in [3.8, 4) is 22.6 Å². The van der Waals surface area contributed by atoms with Crippen LogP contribution in [0.25, 0.3) is 11.1 Å². The molecular formula is C14H14FNO2. The molecule has 3 nitrogen and oxygen atoms in total. The third-order valence-corrected chi connectivity index (χ3v) is 2.69. The number of ether oxygens (including phenoxy) is 2. The van der Waals surface area contributed by atoms with E-state index in [2.05, 4.69) is 0 Å². The van der Waals surface area contributed by atoms with Gasteiger partial charge < -0.3 is 15.2 Å². The molecule has 2 aromatic carbocycles. The number of nitrogens with two attached hydrogens (primary N) is 1. The summed E-state index contributed by atoms with van der Waals surface area (Å²) in [7, 11) is 3.10. The SMILES string of the molecule is COc1ccc(-c2ccc(N)cc2F)cc1OC.